The highest BCUT2D eigenvalue weighted by atomic mass is 16.7. The number of carbonyl (C=O) groups excluding carboxylic acids is 1. The van der Waals surface area contributed by atoms with E-state index in [-0.39, 0.29) is 12.7 Å². The third kappa shape index (κ3) is 2.66. The van der Waals surface area contributed by atoms with Crippen molar-refractivity contribution in [2.24, 2.45) is 0 Å². The summed E-state index contributed by atoms with van der Waals surface area (Å²) in [5.74, 6) is 0.367. The Hall–Kier alpha value is -2.37. The van der Waals surface area contributed by atoms with Gasteiger partial charge < -0.3 is 14.6 Å². The van der Waals surface area contributed by atoms with Crippen molar-refractivity contribution in [3.63, 3.8) is 0 Å². The van der Waals surface area contributed by atoms with Gasteiger partial charge in [-0.3, -0.25) is 9.69 Å². The molecule has 0 saturated heterocycles. The van der Waals surface area contributed by atoms with Gasteiger partial charge in [0.15, 0.2) is 13.0 Å². The predicted octanol–water partition coefficient (Wildman–Crippen LogP) is 3.05. The zero-order chi connectivity index (χ0) is 17.3. The molecule has 0 spiro atoms. The van der Waals surface area contributed by atoms with Gasteiger partial charge in [0.1, 0.15) is 5.75 Å². The van der Waals surface area contributed by atoms with E-state index in [0.717, 1.165) is 5.56 Å². The van der Waals surface area contributed by atoms with Crippen molar-refractivity contribution in [1.82, 2.24) is 4.90 Å². The molecule has 5 heteroatoms. The van der Waals surface area contributed by atoms with E-state index in [1.807, 2.05) is 44.2 Å². The number of methoxy groups -OCH3 is 1. The smallest absolute Gasteiger partial charge is 0.257 e. The van der Waals surface area contributed by atoms with Crippen molar-refractivity contribution >= 4 is 5.91 Å². The zero-order valence-electron chi connectivity index (χ0n) is 14.0. The van der Waals surface area contributed by atoms with Gasteiger partial charge in [0.05, 0.1) is 5.54 Å². The molecule has 24 heavy (non-hydrogen) atoms. The summed E-state index contributed by atoms with van der Waals surface area (Å²) in [6.45, 7) is 3.97. The fourth-order valence-electron chi connectivity index (χ4n) is 3.09. The second-order valence-corrected chi connectivity index (χ2v) is 6.27. The Morgan fingerprint density at radius 2 is 1.88 bits per heavy atom. The van der Waals surface area contributed by atoms with E-state index < -0.39 is 11.8 Å². The van der Waals surface area contributed by atoms with Crippen LogP contribution in [0.4, 0.5) is 0 Å². The third-order valence-corrected chi connectivity index (χ3v) is 4.42. The molecule has 0 bridgehead atoms. The zero-order valence-corrected chi connectivity index (χ0v) is 14.0. The van der Waals surface area contributed by atoms with Crippen LogP contribution in [0.3, 0.4) is 0 Å². The van der Waals surface area contributed by atoms with Crippen molar-refractivity contribution in [3.8, 4) is 5.75 Å². The van der Waals surface area contributed by atoms with Gasteiger partial charge in [-0.05, 0) is 37.6 Å². The Balaban J connectivity index is 1.96. The van der Waals surface area contributed by atoms with Crippen LogP contribution < -0.4 is 4.74 Å². The van der Waals surface area contributed by atoms with Crippen molar-refractivity contribution in [2.75, 3.05) is 13.9 Å². The van der Waals surface area contributed by atoms with Gasteiger partial charge in [-0.2, -0.15) is 0 Å². The Labute approximate surface area is 141 Å². The van der Waals surface area contributed by atoms with E-state index in [2.05, 4.69) is 0 Å². The van der Waals surface area contributed by atoms with Gasteiger partial charge in [0.25, 0.3) is 5.91 Å². The number of aliphatic hydroxyl groups excluding tert-OH is 1. The van der Waals surface area contributed by atoms with E-state index in [1.54, 1.807) is 18.2 Å². The van der Waals surface area contributed by atoms with Crippen LogP contribution in [0.5, 0.6) is 5.75 Å². The second-order valence-electron chi connectivity index (χ2n) is 6.27. The molecule has 0 aliphatic carbocycles. The SMILES string of the molecule is COCOc1ccc2c(c1)C(O)N(C(C)(C)c1ccccc1)C2=O. The molecule has 0 aromatic heterocycles. The van der Waals surface area contributed by atoms with Gasteiger partial charge in [-0.15, -0.1) is 0 Å². The van der Waals surface area contributed by atoms with Gasteiger partial charge in [-0.25, -0.2) is 0 Å². The van der Waals surface area contributed by atoms with Crippen molar-refractivity contribution in [3.05, 3.63) is 65.2 Å². The maximum absolute atomic E-state index is 12.9. The molecular weight excluding hydrogens is 306 g/mol. The van der Waals surface area contributed by atoms with Gasteiger partial charge in [0.2, 0.25) is 0 Å². The number of amides is 1. The normalized spacial score (nSPS) is 17.1. The quantitative estimate of drug-likeness (QED) is 0.858. The average Bonchev–Trinajstić information content (AvgIpc) is 2.85. The predicted molar refractivity (Wildman–Crippen MR) is 89.5 cm³/mol. The molecule has 126 valence electrons. The lowest BCUT2D eigenvalue weighted by atomic mass is 9.92. The first-order valence-corrected chi connectivity index (χ1v) is 7.79. The lowest BCUT2D eigenvalue weighted by Gasteiger charge is -2.38. The van der Waals surface area contributed by atoms with E-state index in [0.29, 0.717) is 16.9 Å². The number of nitrogens with zero attached hydrogens (tertiary/aromatic N) is 1. The summed E-state index contributed by atoms with van der Waals surface area (Å²) in [6, 6.07) is 14.8. The van der Waals surface area contributed by atoms with Crippen molar-refractivity contribution in [1.29, 1.82) is 0 Å². The van der Waals surface area contributed by atoms with Crippen molar-refractivity contribution in [2.45, 2.75) is 25.6 Å². The molecule has 1 atom stereocenters. The van der Waals surface area contributed by atoms with Gasteiger partial charge >= 0.3 is 0 Å². The largest absolute Gasteiger partial charge is 0.468 e. The van der Waals surface area contributed by atoms with Crippen LogP contribution in [0.15, 0.2) is 48.5 Å². The lowest BCUT2D eigenvalue weighted by Crippen LogP contribution is -2.44. The first-order chi connectivity index (χ1) is 11.5. The molecule has 0 radical (unpaired) electrons. The molecule has 0 saturated carbocycles. The van der Waals surface area contributed by atoms with E-state index in [1.165, 1.54) is 12.0 Å². The highest BCUT2D eigenvalue weighted by Crippen LogP contribution is 2.42. The number of benzene rings is 2. The molecule has 1 amide bonds. The first kappa shape index (κ1) is 16.5. The van der Waals surface area contributed by atoms with E-state index in [9.17, 15) is 9.90 Å². The van der Waals surface area contributed by atoms with E-state index in [4.69, 9.17) is 9.47 Å². The molecule has 1 N–H and O–H groups in total. The number of ether oxygens (including phenoxy) is 2. The highest BCUT2D eigenvalue weighted by molar-refractivity contribution is 5.99. The van der Waals surface area contributed by atoms with Crippen LogP contribution in [0.2, 0.25) is 0 Å². The molecule has 1 heterocycles. The summed E-state index contributed by atoms with van der Waals surface area (Å²) >= 11 is 0. The Bertz CT molecular complexity index is 742. The molecule has 1 aliphatic heterocycles. The Kier molecular flexibility index (Phi) is 4.30. The lowest BCUT2D eigenvalue weighted by molar-refractivity contribution is -0.0306. The average molecular weight is 327 g/mol. The van der Waals surface area contributed by atoms with Crippen molar-refractivity contribution < 1.29 is 19.4 Å². The van der Waals surface area contributed by atoms with Crippen LogP contribution in [0.25, 0.3) is 0 Å². The fourth-order valence-corrected chi connectivity index (χ4v) is 3.09. The summed E-state index contributed by atoms with van der Waals surface area (Å²) in [6.07, 6.45) is -1.02. The topological polar surface area (TPSA) is 59.0 Å². The number of fused-ring (bicyclic) bond motifs is 1. The molecule has 5 nitrogen and oxygen atoms in total. The second kappa shape index (κ2) is 6.26. The summed E-state index contributed by atoms with van der Waals surface area (Å²) in [5.41, 5.74) is 1.36. The minimum absolute atomic E-state index is 0.113. The summed E-state index contributed by atoms with van der Waals surface area (Å²) in [4.78, 5) is 14.4. The number of carbonyl (C=O) groups is 1. The van der Waals surface area contributed by atoms with Crippen LogP contribution >= 0.6 is 0 Å². The third-order valence-electron chi connectivity index (χ3n) is 4.42. The molecule has 1 aliphatic rings. The Morgan fingerprint density at radius 3 is 2.54 bits per heavy atom. The van der Waals surface area contributed by atoms with Crippen LogP contribution in [0, 0.1) is 0 Å². The van der Waals surface area contributed by atoms with Gasteiger partial charge in [0, 0.05) is 18.2 Å². The number of hydrogen-bond acceptors (Lipinski definition) is 4. The summed E-state index contributed by atoms with van der Waals surface area (Å²) < 4.78 is 10.3. The standard InChI is InChI=1S/C19H21NO4/c1-19(2,13-7-5-4-6-8-13)20-17(21)15-10-9-14(24-12-23-3)11-16(15)18(20)22/h4-11,18,22H,12H2,1-3H3. The van der Waals surface area contributed by atoms with E-state index >= 15 is 0 Å². The number of hydrogen-bond donors (Lipinski definition) is 1. The molecular formula is C19H21NO4. The van der Waals surface area contributed by atoms with Gasteiger partial charge in [-0.1, -0.05) is 30.3 Å². The fraction of sp³-hybridized carbons (Fsp3) is 0.316. The minimum Gasteiger partial charge on any atom is -0.468 e. The highest BCUT2D eigenvalue weighted by Gasteiger charge is 2.44. The van der Waals surface area contributed by atoms with Crippen LogP contribution in [-0.4, -0.2) is 29.8 Å². The van der Waals surface area contributed by atoms with Crippen LogP contribution in [-0.2, 0) is 10.3 Å². The molecule has 2 aromatic carbocycles. The monoisotopic (exact) mass is 327 g/mol. The first-order valence-electron chi connectivity index (χ1n) is 7.79. The molecule has 3 rings (SSSR count). The summed E-state index contributed by atoms with van der Waals surface area (Å²) in [7, 11) is 1.54. The number of rotatable bonds is 5. The minimum atomic E-state index is -1.02. The number of aliphatic hydroxyl groups is 1. The molecule has 2 aromatic rings. The molecule has 0 fully saturated rings. The maximum atomic E-state index is 12.9. The van der Waals surface area contributed by atoms with Crippen LogP contribution in [0.1, 0.15) is 41.6 Å². The Morgan fingerprint density at radius 1 is 1.17 bits per heavy atom. The molecule has 1 unspecified atom stereocenters. The summed E-state index contributed by atoms with van der Waals surface area (Å²) in [5, 5.41) is 10.8. The maximum Gasteiger partial charge on any atom is 0.257 e.